The summed E-state index contributed by atoms with van der Waals surface area (Å²) in [6.07, 6.45) is 6.66. The second-order valence-electron chi connectivity index (χ2n) is 4.69. The quantitative estimate of drug-likeness (QED) is 0.808. The minimum atomic E-state index is 0.321. The average Bonchev–Trinajstić information content (AvgIpc) is 3.10. The fraction of sp³-hybridized carbons (Fsp3) is 0.583. The van der Waals surface area contributed by atoms with Crippen LogP contribution < -0.4 is 10.1 Å². The highest BCUT2D eigenvalue weighted by Crippen LogP contribution is 2.32. The normalized spacial score (nSPS) is 14.2. The van der Waals surface area contributed by atoms with E-state index >= 15 is 0 Å². The molecule has 0 unspecified atom stereocenters. The number of hydrogen-bond donors (Lipinski definition) is 1. The molecule has 1 aliphatic carbocycles. The first-order valence-corrected chi connectivity index (χ1v) is 6.83. The average molecular weight is 275 g/mol. The van der Waals surface area contributed by atoms with E-state index in [2.05, 4.69) is 30.4 Å². The van der Waals surface area contributed by atoms with Gasteiger partial charge >= 0.3 is 6.01 Å². The van der Waals surface area contributed by atoms with Gasteiger partial charge in [0.15, 0.2) is 0 Å². The lowest BCUT2D eigenvalue weighted by molar-refractivity contribution is 0.278. The second kappa shape index (κ2) is 5.81. The molecule has 0 aliphatic heterocycles. The molecule has 0 amide bonds. The number of anilines is 1. The van der Waals surface area contributed by atoms with Crippen LogP contribution in [0, 0.1) is 5.92 Å². The molecule has 106 valence electrons. The zero-order chi connectivity index (χ0) is 13.8. The van der Waals surface area contributed by atoms with Gasteiger partial charge in [-0.3, -0.25) is 0 Å². The van der Waals surface area contributed by atoms with Crippen LogP contribution in [0.5, 0.6) is 6.01 Å². The zero-order valence-corrected chi connectivity index (χ0v) is 11.4. The summed E-state index contributed by atoms with van der Waals surface area (Å²) in [5.74, 6) is 1.70. The van der Waals surface area contributed by atoms with Gasteiger partial charge in [0.1, 0.15) is 12.7 Å². The van der Waals surface area contributed by atoms with E-state index in [0.717, 1.165) is 18.9 Å². The van der Waals surface area contributed by atoms with Gasteiger partial charge in [0.05, 0.1) is 6.61 Å². The highest BCUT2D eigenvalue weighted by Gasteiger charge is 2.21. The van der Waals surface area contributed by atoms with Gasteiger partial charge in [-0.1, -0.05) is 12.8 Å². The summed E-state index contributed by atoms with van der Waals surface area (Å²) in [5, 5.41) is 7.07. The Labute approximate surface area is 116 Å². The van der Waals surface area contributed by atoms with Gasteiger partial charge in [0.25, 0.3) is 5.95 Å². The van der Waals surface area contributed by atoms with Crippen LogP contribution in [-0.2, 0) is 0 Å². The molecule has 0 radical (unpaired) electrons. The summed E-state index contributed by atoms with van der Waals surface area (Å²) < 4.78 is 7.10. The van der Waals surface area contributed by atoms with Gasteiger partial charge in [0.2, 0.25) is 5.95 Å². The van der Waals surface area contributed by atoms with E-state index in [1.54, 1.807) is 6.33 Å². The summed E-state index contributed by atoms with van der Waals surface area (Å²) in [6.45, 7) is 3.34. The molecule has 8 nitrogen and oxygen atoms in total. The van der Waals surface area contributed by atoms with E-state index in [0.29, 0.717) is 24.5 Å². The molecule has 0 spiro atoms. The Balaban J connectivity index is 1.76. The van der Waals surface area contributed by atoms with E-state index < -0.39 is 0 Å². The molecule has 0 bridgehead atoms. The molecule has 20 heavy (non-hydrogen) atoms. The molecule has 1 saturated carbocycles. The molecule has 0 atom stereocenters. The van der Waals surface area contributed by atoms with Gasteiger partial charge in [-0.05, 0) is 19.3 Å². The largest absolute Gasteiger partial charge is 0.463 e. The van der Waals surface area contributed by atoms with Crippen molar-refractivity contribution in [1.29, 1.82) is 0 Å². The molecule has 0 aromatic carbocycles. The first-order chi connectivity index (χ1) is 9.85. The predicted molar refractivity (Wildman–Crippen MR) is 71.7 cm³/mol. The molecule has 1 aliphatic rings. The maximum Gasteiger partial charge on any atom is 0.323 e. The van der Waals surface area contributed by atoms with Crippen LogP contribution in [0.3, 0.4) is 0 Å². The summed E-state index contributed by atoms with van der Waals surface area (Å²) >= 11 is 0. The maximum absolute atomic E-state index is 5.62. The maximum atomic E-state index is 5.62. The van der Waals surface area contributed by atoms with Crippen molar-refractivity contribution >= 4 is 5.95 Å². The van der Waals surface area contributed by atoms with Crippen LogP contribution in [0.4, 0.5) is 5.95 Å². The number of aromatic nitrogens is 6. The van der Waals surface area contributed by atoms with Crippen molar-refractivity contribution in [2.45, 2.75) is 26.2 Å². The van der Waals surface area contributed by atoms with Crippen molar-refractivity contribution in [2.24, 2.45) is 5.92 Å². The smallest absolute Gasteiger partial charge is 0.323 e. The summed E-state index contributed by atoms with van der Waals surface area (Å²) in [4.78, 5) is 16.6. The number of nitrogens with zero attached hydrogens (tertiary/aromatic N) is 6. The minimum absolute atomic E-state index is 0.321. The van der Waals surface area contributed by atoms with Crippen molar-refractivity contribution in [3.05, 3.63) is 12.7 Å². The van der Waals surface area contributed by atoms with Crippen molar-refractivity contribution in [2.75, 3.05) is 18.5 Å². The van der Waals surface area contributed by atoms with Gasteiger partial charge < -0.3 is 10.1 Å². The SMILES string of the molecule is CCNc1nc(OCCC2CC2)nc(-n2cncn2)n1. The second-order valence-corrected chi connectivity index (χ2v) is 4.69. The van der Waals surface area contributed by atoms with Gasteiger partial charge in [-0.15, -0.1) is 0 Å². The fourth-order valence-electron chi connectivity index (χ4n) is 1.78. The standard InChI is InChI=1S/C12H17N7O/c1-2-14-10-16-11(19-8-13-7-15-19)18-12(17-10)20-6-5-9-3-4-9/h7-9H,2-6H2,1H3,(H,14,16,17,18). The van der Waals surface area contributed by atoms with Crippen molar-refractivity contribution in [3.63, 3.8) is 0 Å². The van der Waals surface area contributed by atoms with Crippen LogP contribution in [0.2, 0.25) is 0 Å². The highest BCUT2D eigenvalue weighted by atomic mass is 16.5. The molecular formula is C12H17N7O. The molecule has 1 N–H and O–H groups in total. The van der Waals surface area contributed by atoms with Crippen LogP contribution in [-0.4, -0.2) is 42.9 Å². The number of ether oxygens (including phenoxy) is 1. The fourth-order valence-corrected chi connectivity index (χ4v) is 1.78. The van der Waals surface area contributed by atoms with Crippen LogP contribution in [0.15, 0.2) is 12.7 Å². The third kappa shape index (κ3) is 3.19. The van der Waals surface area contributed by atoms with Gasteiger partial charge in [-0.2, -0.15) is 24.7 Å². The van der Waals surface area contributed by atoms with Crippen LogP contribution in [0.25, 0.3) is 5.95 Å². The summed E-state index contributed by atoms with van der Waals surface area (Å²) in [5.41, 5.74) is 0. The molecule has 2 aromatic rings. The minimum Gasteiger partial charge on any atom is -0.463 e. The predicted octanol–water partition coefficient (Wildman–Crippen LogP) is 1.06. The first kappa shape index (κ1) is 12.8. The topological polar surface area (TPSA) is 90.6 Å². The van der Waals surface area contributed by atoms with E-state index in [1.807, 2.05) is 6.92 Å². The zero-order valence-electron chi connectivity index (χ0n) is 11.4. The summed E-state index contributed by atoms with van der Waals surface area (Å²) in [6, 6.07) is 0.321. The molecule has 0 saturated heterocycles. The van der Waals surface area contributed by atoms with Crippen LogP contribution >= 0.6 is 0 Å². The number of hydrogen-bond acceptors (Lipinski definition) is 7. The van der Waals surface area contributed by atoms with E-state index in [-0.39, 0.29) is 0 Å². The van der Waals surface area contributed by atoms with Crippen molar-refractivity contribution in [3.8, 4) is 12.0 Å². The van der Waals surface area contributed by atoms with Gasteiger partial charge in [-0.25, -0.2) is 4.98 Å². The lowest BCUT2D eigenvalue weighted by atomic mass is 10.3. The molecule has 2 aromatic heterocycles. The Morgan fingerprint density at radius 3 is 2.95 bits per heavy atom. The number of nitrogens with one attached hydrogen (secondary N) is 1. The Bertz CT molecular complexity index is 553. The van der Waals surface area contributed by atoms with Crippen molar-refractivity contribution in [1.82, 2.24) is 29.7 Å². The van der Waals surface area contributed by atoms with E-state index in [4.69, 9.17) is 4.74 Å². The lowest BCUT2D eigenvalue weighted by Gasteiger charge is -2.08. The Morgan fingerprint density at radius 1 is 1.35 bits per heavy atom. The molecule has 3 rings (SSSR count). The third-order valence-corrected chi connectivity index (χ3v) is 3.02. The van der Waals surface area contributed by atoms with Crippen molar-refractivity contribution < 1.29 is 4.74 Å². The highest BCUT2D eigenvalue weighted by molar-refractivity contribution is 5.29. The Kier molecular flexibility index (Phi) is 3.71. The monoisotopic (exact) mass is 275 g/mol. The Morgan fingerprint density at radius 2 is 2.25 bits per heavy atom. The van der Waals surface area contributed by atoms with E-state index in [9.17, 15) is 0 Å². The molecular weight excluding hydrogens is 258 g/mol. The first-order valence-electron chi connectivity index (χ1n) is 6.83. The van der Waals surface area contributed by atoms with Gasteiger partial charge in [0, 0.05) is 6.54 Å². The third-order valence-electron chi connectivity index (χ3n) is 3.02. The Hall–Kier alpha value is -2.25. The summed E-state index contributed by atoms with van der Waals surface area (Å²) in [7, 11) is 0. The van der Waals surface area contributed by atoms with E-state index in [1.165, 1.54) is 23.9 Å². The lowest BCUT2D eigenvalue weighted by Crippen LogP contribution is -2.11. The number of rotatable bonds is 7. The molecule has 1 fully saturated rings. The molecule has 8 heteroatoms. The molecule has 2 heterocycles. The van der Waals surface area contributed by atoms with Crippen LogP contribution in [0.1, 0.15) is 26.2 Å².